The van der Waals surface area contributed by atoms with Gasteiger partial charge in [0.05, 0.1) is 19.8 Å². The van der Waals surface area contributed by atoms with Crippen LogP contribution in [0.4, 0.5) is 31.2 Å². The van der Waals surface area contributed by atoms with E-state index < -0.39 is 23.4 Å². The third kappa shape index (κ3) is 4.73. The van der Waals surface area contributed by atoms with Gasteiger partial charge in [0, 0.05) is 26.2 Å². The molecule has 2 saturated heterocycles. The fourth-order valence-electron chi connectivity index (χ4n) is 3.37. The van der Waals surface area contributed by atoms with Gasteiger partial charge in [-0.2, -0.15) is 15.0 Å². The molecule has 2 N–H and O–H groups in total. The van der Waals surface area contributed by atoms with Gasteiger partial charge in [0.25, 0.3) is 0 Å². The van der Waals surface area contributed by atoms with Crippen molar-refractivity contribution in [2.45, 2.75) is 19.4 Å². The molecule has 0 aliphatic carbocycles. The van der Waals surface area contributed by atoms with Crippen molar-refractivity contribution >= 4 is 23.6 Å². The summed E-state index contributed by atoms with van der Waals surface area (Å²) in [6, 6.07) is 2.62. The van der Waals surface area contributed by atoms with Crippen molar-refractivity contribution in [2.75, 3.05) is 54.5 Å². The molecule has 2 aliphatic heterocycles. The number of para-hydroxylation sites is 1. The molecule has 9 nitrogen and oxygen atoms in total. The van der Waals surface area contributed by atoms with Gasteiger partial charge >= 0.3 is 6.03 Å². The summed E-state index contributed by atoms with van der Waals surface area (Å²) < 4.78 is 32.8. The Morgan fingerprint density at radius 1 is 0.967 bits per heavy atom. The van der Waals surface area contributed by atoms with Gasteiger partial charge in [0.2, 0.25) is 11.9 Å². The van der Waals surface area contributed by atoms with Crippen molar-refractivity contribution in [2.24, 2.45) is 0 Å². The summed E-state index contributed by atoms with van der Waals surface area (Å²) in [5, 5.41) is 4.74. The zero-order chi connectivity index (χ0) is 20.9. The first kappa shape index (κ1) is 20.2. The molecule has 3 heterocycles. The normalized spacial score (nSPS) is 16.6. The molecule has 2 aromatic rings. The van der Waals surface area contributed by atoms with E-state index >= 15 is 0 Å². The number of benzene rings is 1. The van der Waals surface area contributed by atoms with Crippen LogP contribution in [-0.2, 0) is 11.3 Å². The molecule has 2 aliphatic rings. The maximum absolute atomic E-state index is 13.7. The summed E-state index contributed by atoms with van der Waals surface area (Å²) in [6.45, 7) is 4.25. The fraction of sp³-hybridized carbons (Fsp3) is 0.474. The van der Waals surface area contributed by atoms with Gasteiger partial charge in [0.15, 0.2) is 5.82 Å². The molecule has 1 aromatic carbocycles. The fourth-order valence-corrected chi connectivity index (χ4v) is 3.37. The van der Waals surface area contributed by atoms with Crippen molar-refractivity contribution in [3.8, 4) is 0 Å². The number of rotatable bonds is 5. The molecule has 0 spiro atoms. The summed E-state index contributed by atoms with van der Waals surface area (Å²) in [4.78, 5) is 29.8. The van der Waals surface area contributed by atoms with Gasteiger partial charge in [-0.15, -0.1) is 0 Å². The number of hydrogen-bond donors (Lipinski definition) is 2. The number of ether oxygens (including phenoxy) is 1. The van der Waals surface area contributed by atoms with E-state index in [4.69, 9.17) is 4.74 Å². The van der Waals surface area contributed by atoms with E-state index in [0.717, 1.165) is 38.1 Å². The largest absolute Gasteiger partial charge is 0.378 e. The predicted molar refractivity (Wildman–Crippen MR) is 107 cm³/mol. The maximum Gasteiger partial charge on any atom is 0.319 e. The molecule has 0 unspecified atom stereocenters. The van der Waals surface area contributed by atoms with Crippen molar-refractivity contribution in [1.29, 1.82) is 0 Å². The Morgan fingerprint density at radius 2 is 1.57 bits per heavy atom. The van der Waals surface area contributed by atoms with E-state index in [2.05, 4.69) is 30.5 Å². The average molecular weight is 419 g/mol. The highest BCUT2D eigenvalue weighted by molar-refractivity contribution is 5.89. The van der Waals surface area contributed by atoms with Crippen LogP contribution in [-0.4, -0.2) is 60.4 Å². The smallest absolute Gasteiger partial charge is 0.319 e. The highest BCUT2D eigenvalue weighted by Crippen LogP contribution is 2.20. The second-order valence-electron chi connectivity index (χ2n) is 7.05. The molecular formula is C19H23F2N7O2. The summed E-state index contributed by atoms with van der Waals surface area (Å²) >= 11 is 0. The van der Waals surface area contributed by atoms with Gasteiger partial charge in [0.1, 0.15) is 17.3 Å². The molecule has 160 valence electrons. The van der Waals surface area contributed by atoms with E-state index in [1.54, 1.807) is 0 Å². The molecule has 0 bridgehead atoms. The molecule has 1 aromatic heterocycles. The minimum absolute atomic E-state index is 0.0113. The highest BCUT2D eigenvalue weighted by atomic mass is 19.1. The number of hydrogen-bond acceptors (Lipinski definition) is 7. The van der Waals surface area contributed by atoms with Crippen LogP contribution in [0.5, 0.6) is 0 Å². The standard InChI is InChI=1S/C19H23F2N7O2/c20-13-4-3-5-14(21)16(13)25-19(29)22-12-15-23-17(27-6-1-2-7-27)26-18(24-15)28-8-10-30-11-9-28/h3-5H,1-2,6-12H2,(H2,22,25,29). The Kier molecular flexibility index (Phi) is 6.17. The lowest BCUT2D eigenvalue weighted by Gasteiger charge is -2.28. The molecular weight excluding hydrogens is 396 g/mol. The van der Waals surface area contributed by atoms with Crippen LogP contribution in [0, 0.1) is 11.6 Å². The molecule has 2 amide bonds. The van der Waals surface area contributed by atoms with Gasteiger partial charge in [-0.25, -0.2) is 13.6 Å². The van der Waals surface area contributed by atoms with Crippen LogP contribution in [0.2, 0.25) is 0 Å². The number of aromatic nitrogens is 3. The van der Waals surface area contributed by atoms with Crippen molar-refractivity contribution < 1.29 is 18.3 Å². The minimum Gasteiger partial charge on any atom is -0.378 e. The first-order chi connectivity index (χ1) is 14.6. The van der Waals surface area contributed by atoms with Crippen molar-refractivity contribution in [3.63, 3.8) is 0 Å². The Balaban J connectivity index is 1.48. The number of amides is 2. The van der Waals surface area contributed by atoms with Crippen LogP contribution in [0.15, 0.2) is 18.2 Å². The number of carbonyl (C=O) groups excluding carboxylic acids is 1. The summed E-state index contributed by atoms with van der Waals surface area (Å²) in [7, 11) is 0. The lowest BCUT2D eigenvalue weighted by molar-refractivity contribution is 0.122. The quantitative estimate of drug-likeness (QED) is 0.764. The van der Waals surface area contributed by atoms with Crippen LogP contribution in [0.3, 0.4) is 0 Å². The molecule has 0 radical (unpaired) electrons. The topological polar surface area (TPSA) is 95.5 Å². The number of carbonyl (C=O) groups is 1. The first-order valence-corrected chi connectivity index (χ1v) is 9.91. The van der Waals surface area contributed by atoms with Crippen LogP contribution < -0.4 is 20.4 Å². The zero-order valence-corrected chi connectivity index (χ0v) is 16.4. The lowest BCUT2D eigenvalue weighted by Crippen LogP contribution is -2.38. The van der Waals surface area contributed by atoms with E-state index in [-0.39, 0.29) is 6.54 Å². The predicted octanol–water partition coefficient (Wildman–Crippen LogP) is 1.91. The van der Waals surface area contributed by atoms with Crippen molar-refractivity contribution in [1.82, 2.24) is 20.3 Å². The lowest BCUT2D eigenvalue weighted by atomic mass is 10.3. The Labute approximate surface area is 172 Å². The first-order valence-electron chi connectivity index (χ1n) is 9.91. The van der Waals surface area contributed by atoms with E-state index in [0.29, 0.717) is 44.0 Å². The van der Waals surface area contributed by atoms with Gasteiger partial charge in [-0.05, 0) is 25.0 Å². The van der Waals surface area contributed by atoms with E-state index in [1.165, 1.54) is 6.07 Å². The van der Waals surface area contributed by atoms with Crippen LogP contribution >= 0.6 is 0 Å². The summed E-state index contributed by atoms with van der Waals surface area (Å²) in [5.74, 6) is -0.223. The Hall–Kier alpha value is -3.08. The zero-order valence-electron chi connectivity index (χ0n) is 16.4. The second kappa shape index (κ2) is 9.16. The summed E-state index contributed by atoms with van der Waals surface area (Å²) in [6.07, 6.45) is 2.14. The number of nitrogens with one attached hydrogen (secondary N) is 2. The molecule has 2 fully saturated rings. The molecule has 30 heavy (non-hydrogen) atoms. The van der Waals surface area contributed by atoms with E-state index in [1.807, 2.05) is 4.90 Å². The number of halogens is 2. The molecule has 4 rings (SSSR count). The Bertz CT molecular complexity index is 882. The minimum atomic E-state index is -0.851. The SMILES string of the molecule is O=C(NCc1nc(N2CCCC2)nc(N2CCOCC2)n1)Nc1c(F)cccc1F. The average Bonchev–Trinajstić information content (AvgIpc) is 3.30. The van der Waals surface area contributed by atoms with E-state index in [9.17, 15) is 13.6 Å². The number of anilines is 3. The number of urea groups is 1. The van der Waals surface area contributed by atoms with Gasteiger partial charge in [-0.1, -0.05) is 6.07 Å². The molecule has 0 saturated carbocycles. The molecule has 11 heteroatoms. The number of nitrogens with zero attached hydrogens (tertiary/aromatic N) is 5. The third-order valence-corrected chi connectivity index (χ3v) is 4.95. The van der Waals surface area contributed by atoms with Crippen molar-refractivity contribution in [3.05, 3.63) is 35.7 Å². The van der Waals surface area contributed by atoms with Crippen LogP contribution in [0.25, 0.3) is 0 Å². The Morgan fingerprint density at radius 3 is 2.20 bits per heavy atom. The maximum atomic E-state index is 13.7. The highest BCUT2D eigenvalue weighted by Gasteiger charge is 2.21. The number of morpholine rings is 1. The second-order valence-corrected chi connectivity index (χ2v) is 7.05. The van der Waals surface area contributed by atoms with Crippen LogP contribution in [0.1, 0.15) is 18.7 Å². The van der Waals surface area contributed by atoms with Gasteiger partial charge < -0.3 is 25.2 Å². The van der Waals surface area contributed by atoms with Gasteiger partial charge in [-0.3, -0.25) is 0 Å². The molecule has 0 atom stereocenters. The third-order valence-electron chi connectivity index (χ3n) is 4.95. The monoisotopic (exact) mass is 419 g/mol. The summed E-state index contributed by atoms with van der Waals surface area (Å²) in [5.41, 5.74) is -0.502.